The van der Waals surface area contributed by atoms with Gasteiger partial charge in [-0.15, -0.1) is 0 Å². The van der Waals surface area contributed by atoms with Gasteiger partial charge in [0.25, 0.3) is 6.47 Å². The van der Waals surface area contributed by atoms with Crippen molar-refractivity contribution in [3.63, 3.8) is 0 Å². The van der Waals surface area contributed by atoms with Gasteiger partial charge in [0, 0.05) is 42.3 Å². The van der Waals surface area contributed by atoms with Crippen molar-refractivity contribution < 1.29 is 19.4 Å². The fourth-order valence-electron chi connectivity index (χ4n) is 5.29. The van der Waals surface area contributed by atoms with Crippen molar-refractivity contribution in [2.75, 3.05) is 26.2 Å². The Morgan fingerprint density at radius 2 is 2.00 bits per heavy atom. The van der Waals surface area contributed by atoms with Gasteiger partial charge in [-0.1, -0.05) is 24.1 Å². The molecule has 4 atom stereocenters. The summed E-state index contributed by atoms with van der Waals surface area (Å²) in [5.41, 5.74) is 0.611. The molecule has 3 aliphatic heterocycles. The Hall–Kier alpha value is -1.21. The fraction of sp³-hybridized carbons (Fsp3) is 0.650. The first-order valence-corrected chi connectivity index (χ1v) is 10.1. The standard InChI is InChI=1S/C19H26ClFN2O.CH2O2/c20-16-4-3-5-17(21)15(16)11-22-9-13-8-14(10-22)19(12-24)23-7-2-1-6-18(13)23;2-1-3/h3-5,13-14,18-19,24H,1-2,6-12H2;1H,(H,2,3)/t13-,14+,18+,19+;/m1./s1. The zero-order chi connectivity index (χ0) is 19.4. The molecular formula is C20H28ClFN2O3. The summed E-state index contributed by atoms with van der Waals surface area (Å²) in [6.45, 7) is 3.63. The molecule has 0 saturated carbocycles. The van der Waals surface area contributed by atoms with E-state index in [1.54, 1.807) is 12.1 Å². The van der Waals surface area contributed by atoms with Crippen LogP contribution >= 0.6 is 11.6 Å². The van der Waals surface area contributed by atoms with E-state index in [1.165, 1.54) is 31.7 Å². The third-order valence-corrected chi connectivity index (χ3v) is 6.68. The van der Waals surface area contributed by atoms with Gasteiger partial charge in [-0.2, -0.15) is 0 Å². The number of halogens is 2. The zero-order valence-electron chi connectivity index (χ0n) is 15.4. The molecule has 27 heavy (non-hydrogen) atoms. The molecule has 0 amide bonds. The van der Waals surface area contributed by atoms with Crippen LogP contribution in [-0.2, 0) is 11.3 Å². The lowest BCUT2D eigenvalue weighted by Crippen LogP contribution is -2.64. The number of aliphatic hydroxyl groups excluding tert-OH is 1. The van der Waals surface area contributed by atoms with Crippen LogP contribution in [0.15, 0.2) is 18.2 Å². The van der Waals surface area contributed by atoms with Crippen LogP contribution in [0.5, 0.6) is 0 Å². The first-order chi connectivity index (χ1) is 13.1. The number of likely N-dealkylation sites (tertiary alicyclic amines) is 1. The molecule has 0 spiro atoms. The summed E-state index contributed by atoms with van der Waals surface area (Å²) in [6.07, 6.45) is 4.98. The van der Waals surface area contributed by atoms with Gasteiger partial charge in [0.15, 0.2) is 0 Å². The van der Waals surface area contributed by atoms with E-state index in [0.717, 1.165) is 19.6 Å². The van der Waals surface area contributed by atoms with E-state index in [2.05, 4.69) is 9.80 Å². The monoisotopic (exact) mass is 398 g/mol. The largest absolute Gasteiger partial charge is 0.483 e. The third-order valence-electron chi connectivity index (χ3n) is 6.33. The first-order valence-electron chi connectivity index (χ1n) is 9.68. The molecule has 4 rings (SSSR count). The van der Waals surface area contributed by atoms with Crippen LogP contribution in [0.25, 0.3) is 0 Å². The van der Waals surface area contributed by atoms with E-state index in [9.17, 15) is 9.50 Å². The van der Waals surface area contributed by atoms with Crippen molar-refractivity contribution in [1.29, 1.82) is 0 Å². The molecule has 3 saturated heterocycles. The van der Waals surface area contributed by atoms with Crippen LogP contribution in [0.2, 0.25) is 5.02 Å². The van der Waals surface area contributed by atoms with Crippen LogP contribution in [0.4, 0.5) is 4.39 Å². The highest BCUT2D eigenvalue weighted by molar-refractivity contribution is 6.31. The summed E-state index contributed by atoms with van der Waals surface area (Å²) in [5, 5.41) is 17.4. The molecule has 0 radical (unpaired) electrons. The normalized spacial score (nSPS) is 30.8. The maximum absolute atomic E-state index is 14.1. The summed E-state index contributed by atoms with van der Waals surface area (Å²) in [5.74, 6) is 0.905. The summed E-state index contributed by atoms with van der Waals surface area (Å²) < 4.78 is 14.1. The quantitative estimate of drug-likeness (QED) is 0.766. The van der Waals surface area contributed by atoms with Gasteiger partial charge < -0.3 is 10.2 Å². The smallest absolute Gasteiger partial charge is 0.290 e. The second kappa shape index (κ2) is 9.32. The lowest BCUT2D eigenvalue weighted by Gasteiger charge is -2.56. The highest BCUT2D eigenvalue weighted by Gasteiger charge is 2.46. The van der Waals surface area contributed by atoms with Crippen LogP contribution < -0.4 is 0 Å². The van der Waals surface area contributed by atoms with Crippen molar-refractivity contribution in [3.8, 4) is 0 Å². The summed E-state index contributed by atoms with van der Waals surface area (Å²) >= 11 is 6.22. The van der Waals surface area contributed by atoms with Crippen LogP contribution in [0.1, 0.15) is 31.2 Å². The molecule has 0 aliphatic carbocycles. The predicted molar refractivity (Wildman–Crippen MR) is 102 cm³/mol. The minimum atomic E-state index is -0.250. The predicted octanol–water partition coefficient (Wildman–Crippen LogP) is 2.85. The molecule has 2 bridgehead atoms. The van der Waals surface area contributed by atoms with Crippen molar-refractivity contribution >= 4 is 18.1 Å². The summed E-state index contributed by atoms with van der Waals surface area (Å²) in [7, 11) is 0. The molecular weight excluding hydrogens is 371 g/mol. The van der Waals surface area contributed by atoms with Gasteiger partial charge in [0.1, 0.15) is 5.82 Å². The molecule has 5 nitrogen and oxygen atoms in total. The highest BCUT2D eigenvalue weighted by Crippen LogP contribution is 2.41. The lowest BCUT2D eigenvalue weighted by atomic mass is 9.72. The number of nitrogens with zero attached hydrogens (tertiary/aromatic N) is 2. The van der Waals surface area contributed by atoms with Gasteiger partial charge >= 0.3 is 0 Å². The Morgan fingerprint density at radius 1 is 1.26 bits per heavy atom. The van der Waals surface area contributed by atoms with Gasteiger partial charge in [-0.3, -0.25) is 14.6 Å². The summed E-state index contributed by atoms with van der Waals surface area (Å²) in [6, 6.07) is 5.78. The second-order valence-corrected chi connectivity index (χ2v) is 8.21. The fourth-order valence-corrected chi connectivity index (χ4v) is 5.51. The topological polar surface area (TPSA) is 64.0 Å². The molecule has 3 aliphatic rings. The number of aliphatic hydroxyl groups is 1. The minimum Gasteiger partial charge on any atom is -0.483 e. The van der Waals surface area contributed by atoms with E-state index in [4.69, 9.17) is 21.5 Å². The van der Waals surface area contributed by atoms with E-state index in [-0.39, 0.29) is 24.9 Å². The molecule has 1 aromatic rings. The second-order valence-electron chi connectivity index (χ2n) is 7.81. The van der Waals surface area contributed by atoms with E-state index in [1.807, 2.05) is 0 Å². The number of carboxylic acid groups (broad SMARTS) is 1. The Balaban J connectivity index is 0.000000659. The van der Waals surface area contributed by atoms with Crippen molar-refractivity contribution in [2.45, 2.75) is 44.3 Å². The van der Waals surface area contributed by atoms with E-state index >= 15 is 0 Å². The molecule has 150 valence electrons. The third kappa shape index (κ3) is 4.45. The Kier molecular flexibility index (Phi) is 7.09. The molecule has 3 fully saturated rings. The van der Waals surface area contributed by atoms with Crippen LogP contribution in [0, 0.1) is 17.7 Å². The average molecular weight is 399 g/mol. The maximum Gasteiger partial charge on any atom is 0.290 e. The number of hydrogen-bond acceptors (Lipinski definition) is 4. The molecule has 1 aromatic carbocycles. The number of benzene rings is 1. The molecule has 7 heteroatoms. The Bertz CT molecular complexity index is 613. The zero-order valence-corrected chi connectivity index (χ0v) is 16.2. The minimum absolute atomic E-state index is 0.212. The number of hydrogen-bond donors (Lipinski definition) is 2. The Morgan fingerprint density at radius 3 is 2.70 bits per heavy atom. The van der Waals surface area contributed by atoms with Gasteiger partial charge in [0.2, 0.25) is 0 Å². The average Bonchev–Trinajstić information content (AvgIpc) is 2.66. The van der Waals surface area contributed by atoms with Crippen LogP contribution in [-0.4, -0.2) is 64.8 Å². The Labute approximate surface area is 164 Å². The van der Waals surface area contributed by atoms with Crippen molar-refractivity contribution in [3.05, 3.63) is 34.6 Å². The number of carbonyl (C=O) groups is 1. The SMILES string of the molecule is O=CO.OC[C@H]1[C@H]2C[C@H](CN(Cc3c(F)cccc3Cl)C2)[C@@H]2CCCCN12. The van der Waals surface area contributed by atoms with Crippen molar-refractivity contribution in [1.82, 2.24) is 9.80 Å². The molecule has 3 heterocycles. The summed E-state index contributed by atoms with van der Waals surface area (Å²) in [4.78, 5) is 13.3. The number of rotatable bonds is 3. The van der Waals surface area contributed by atoms with Gasteiger partial charge in [-0.05, 0) is 49.8 Å². The van der Waals surface area contributed by atoms with E-state index in [0.29, 0.717) is 35.0 Å². The van der Waals surface area contributed by atoms with E-state index < -0.39 is 0 Å². The van der Waals surface area contributed by atoms with Gasteiger partial charge in [-0.25, -0.2) is 4.39 Å². The first kappa shape index (κ1) is 20.5. The lowest BCUT2D eigenvalue weighted by molar-refractivity contribution is -0.122. The molecule has 0 aromatic heterocycles. The molecule has 2 N–H and O–H groups in total. The maximum atomic E-state index is 14.1. The molecule has 0 unspecified atom stereocenters. The van der Waals surface area contributed by atoms with Crippen molar-refractivity contribution in [2.24, 2.45) is 11.8 Å². The van der Waals surface area contributed by atoms with Gasteiger partial charge in [0.05, 0.1) is 6.61 Å². The number of fused-ring (bicyclic) bond motifs is 4. The highest BCUT2D eigenvalue weighted by atomic mass is 35.5. The number of piperidine rings is 3. The van der Waals surface area contributed by atoms with Crippen LogP contribution in [0.3, 0.4) is 0 Å².